The van der Waals surface area contributed by atoms with Crippen LogP contribution in [0.15, 0.2) is 16.9 Å². The third kappa shape index (κ3) is 1.63. The van der Waals surface area contributed by atoms with E-state index in [9.17, 15) is 0 Å². The Morgan fingerprint density at radius 3 is 3.14 bits per heavy atom. The lowest BCUT2D eigenvalue weighted by Gasteiger charge is -1.86. The van der Waals surface area contributed by atoms with E-state index in [1.165, 1.54) is 0 Å². The molecule has 2 aromatic heterocycles. The lowest BCUT2D eigenvalue weighted by Crippen LogP contribution is -1.98. The van der Waals surface area contributed by atoms with Crippen molar-refractivity contribution in [1.29, 1.82) is 0 Å². The van der Waals surface area contributed by atoms with Crippen LogP contribution in [0.2, 0.25) is 0 Å². The Hall–Kier alpha value is -1.73. The predicted molar refractivity (Wildman–Crippen MR) is 45.5 cm³/mol. The van der Waals surface area contributed by atoms with E-state index < -0.39 is 0 Å². The summed E-state index contributed by atoms with van der Waals surface area (Å²) in [6, 6.07) is 0. The zero-order chi connectivity index (χ0) is 9.97. The average molecular weight is 195 g/mol. The number of hydrogen-bond acceptors (Lipinski definition) is 6. The summed E-state index contributed by atoms with van der Waals surface area (Å²) in [5.74, 6) is 5.68. The maximum atomic E-state index is 4.87. The Kier molecular flexibility index (Phi) is 2.25. The monoisotopic (exact) mass is 195 g/mol. The van der Waals surface area contributed by atoms with Gasteiger partial charge in [-0.2, -0.15) is 10.1 Å². The van der Waals surface area contributed by atoms with Crippen molar-refractivity contribution < 1.29 is 9.36 Å². The van der Waals surface area contributed by atoms with Crippen LogP contribution in [0.5, 0.6) is 0 Å². The van der Waals surface area contributed by atoms with Crippen LogP contribution in [-0.2, 0) is 18.5 Å². The van der Waals surface area contributed by atoms with Crippen LogP contribution in [0, 0.1) is 0 Å². The summed E-state index contributed by atoms with van der Waals surface area (Å²) < 4.78 is 6.52. The fraction of sp³-hybridized carbons (Fsp3) is 0.286. The number of aryl methyl sites for hydroxylation is 1. The second-order valence-corrected chi connectivity index (χ2v) is 2.73. The van der Waals surface area contributed by atoms with Gasteiger partial charge >= 0.3 is 0 Å². The van der Waals surface area contributed by atoms with Gasteiger partial charge in [0.1, 0.15) is 6.61 Å². The van der Waals surface area contributed by atoms with Gasteiger partial charge in [0.2, 0.25) is 5.82 Å². The molecule has 0 radical (unpaired) electrons. The molecule has 74 valence electrons. The summed E-state index contributed by atoms with van der Waals surface area (Å²) in [6.45, 7) is 0.104. The molecule has 0 fully saturated rings. The molecule has 0 aliphatic heterocycles. The highest BCUT2D eigenvalue weighted by Crippen LogP contribution is 2.13. The number of hydrogen-bond donors (Lipinski definition) is 1. The summed E-state index contributed by atoms with van der Waals surface area (Å²) in [6.07, 6.45) is 3.44. The largest absolute Gasteiger partial charge is 0.336 e. The second kappa shape index (κ2) is 3.56. The minimum Gasteiger partial charge on any atom is -0.336 e. The zero-order valence-electron chi connectivity index (χ0n) is 7.54. The van der Waals surface area contributed by atoms with Gasteiger partial charge < -0.3 is 4.52 Å². The van der Waals surface area contributed by atoms with Crippen LogP contribution in [0.1, 0.15) is 5.89 Å². The quantitative estimate of drug-likeness (QED) is 0.685. The molecule has 0 saturated carbocycles. The molecule has 0 unspecified atom stereocenters. The highest BCUT2D eigenvalue weighted by Gasteiger charge is 2.09. The first kappa shape index (κ1) is 8.85. The molecule has 0 amide bonds. The van der Waals surface area contributed by atoms with Crippen molar-refractivity contribution >= 4 is 0 Å². The van der Waals surface area contributed by atoms with Crippen molar-refractivity contribution in [3.05, 3.63) is 18.3 Å². The molecule has 7 nitrogen and oxygen atoms in total. The fourth-order valence-electron chi connectivity index (χ4n) is 1.04. The Bertz CT molecular complexity index is 421. The maximum absolute atomic E-state index is 4.87. The molecule has 0 atom stereocenters. The van der Waals surface area contributed by atoms with E-state index in [0.717, 1.165) is 5.56 Å². The number of rotatable bonds is 3. The molecular weight excluding hydrogens is 186 g/mol. The first-order chi connectivity index (χ1) is 6.79. The fourth-order valence-corrected chi connectivity index (χ4v) is 1.04. The third-order valence-electron chi connectivity index (χ3n) is 1.64. The number of nitrogens with two attached hydrogens (primary N) is 1. The summed E-state index contributed by atoms with van der Waals surface area (Å²) in [5, 5.41) is 7.73. The Morgan fingerprint density at radius 2 is 2.50 bits per heavy atom. The molecular formula is C7H9N5O2. The van der Waals surface area contributed by atoms with Crippen LogP contribution in [0.4, 0.5) is 0 Å². The minimum atomic E-state index is 0.104. The van der Waals surface area contributed by atoms with Crippen molar-refractivity contribution in [2.45, 2.75) is 6.61 Å². The molecule has 0 bridgehead atoms. The van der Waals surface area contributed by atoms with Gasteiger partial charge in [-0.1, -0.05) is 5.16 Å². The molecule has 0 aromatic carbocycles. The topological polar surface area (TPSA) is 92.0 Å². The van der Waals surface area contributed by atoms with Crippen molar-refractivity contribution in [3.63, 3.8) is 0 Å². The second-order valence-electron chi connectivity index (χ2n) is 2.73. The van der Waals surface area contributed by atoms with Crippen molar-refractivity contribution in [1.82, 2.24) is 19.9 Å². The Balaban J connectivity index is 2.24. The van der Waals surface area contributed by atoms with E-state index >= 15 is 0 Å². The van der Waals surface area contributed by atoms with E-state index in [1.807, 2.05) is 7.05 Å². The molecule has 0 spiro atoms. The Labute approximate surface area is 79.4 Å². The first-order valence-corrected chi connectivity index (χ1v) is 3.93. The van der Waals surface area contributed by atoms with Gasteiger partial charge in [0.15, 0.2) is 0 Å². The average Bonchev–Trinajstić information content (AvgIpc) is 2.74. The standard InChI is InChI=1S/C7H9N5O2/c1-12-3-5(2-9-12)7-10-6(4-13-8)14-11-7/h2-3H,4,8H2,1H3. The van der Waals surface area contributed by atoms with Crippen LogP contribution < -0.4 is 5.90 Å². The van der Waals surface area contributed by atoms with E-state index in [2.05, 4.69) is 20.1 Å². The summed E-state index contributed by atoms with van der Waals surface area (Å²) >= 11 is 0. The normalized spacial score (nSPS) is 10.7. The number of nitrogens with zero attached hydrogens (tertiary/aromatic N) is 4. The van der Waals surface area contributed by atoms with Crippen molar-refractivity contribution in [2.24, 2.45) is 12.9 Å². The number of aromatic nitrogens is 4. The first-order valence-electron chi connectivity index (χ1n) is 3.93. The van der Waals surface area contributed by atoms with Crippen LogP contribution in [0.3, 0.4) is 0 Å². The molecule has 2 heterocycles. The minimum absolute atomic E-state index is 0.104. The maximum Gasteiger partial charge on any atom is 0.255 e. The smallest absolute Gasteiger partial charge is 0.255 e. The molecule has 14 heavy (non-hydrogen) atoms. The molecule has 7 heteroatoms. The van der Waals surface area contributed by atoms with E-state index in [1.54, 1.807) is 17.1 Å². The predicted octanol–water partition coefficient (Wildman–Crippen LogP) is -0.140. The SMILES string of the molecule is Cn1cc(-c2noc(CON)n2)cn1. The molecule has 2 N–H and O–H groups in total. The van der Waals surface area contributed by atoms with Gasteiger partial charge in [0.25, 0.3) is 5.89 Å². The van der Waals surface area contributed by atoms with E-state index in [-0.39, 0.29) is 6.61 Å². The summed E-state index contributed by atoms with van der Waals surface area (Å²) in [5.41, 5.74) is 0.791. The molecule has 2 aromatic rings. The van der Waals surface area contributed by atoms with Crippen LogP contribution >= 0.6 is 0 Å². The van der Waals surface area contributed by atoms with E-state index in [4.69, 9.17) is 10.4 Å². The van der Waals surface area contributed by atoms with E-state index in [0.29, 0.717) is 11.7 Å². The highest BCUT2D eigenvalue weighted by atomic mass is 16.6. The molecule has 0 aliphatic rings. The summed E-state index contributed by atoms with van der Waals surface area (Å²) in [7, 11) is 1.81. The van der Waals surface area contributed by atoms with Crippen LogP contribution in [0.25, 0.3) is 11.4 Å². The van der Waals surface area contributed by atoms with Gasteiger partial charge in [-0.25, -0.2) is 5.90 Å². The van der Waals surface area contributed by atoms with Gasteiger partial charge in [0, 0.05) is 13.2 Å². The summed E-state index contributed by atoms with van der Waals surface area (Å²) in [4.78, 5) is 8.41. The zero-order valence-corrected chi connectivity index (χ0v) is 7.54. The van der Waals surface area contributed by atoms with Gasteiger partial charge in [-0.05, 0) is 0 Å². The lowest BCUT2D eigenvalue weighted by atomic mass is 10.3. The van der Waals surface area contributed by atoms with Crippen molar-refractivity contribution in [2.75, 3.05) is 0 Å². The van der Waals surface area contributed by atoms with Gasteiger partial charge in [0.05, 0.1) is 11.8 Å². The highest BCUT2D eigenvalue weighted by molar-refractivity contribution is 5.50. The Morgan fingerprint density at radius 1 is 1.64 bits per heavy atom. The third-order valence-corrected chi connectivity index (χ3v) is 1.64. The lowest BCUT2D eigenvalue weighted by molar-refractivity contribution is 0.0996. The molecule has 0 aliphatic carbocycles. The molecule has 2 rings (SSSR count). The van der Waals surface area contributed by atoms with Gasteiger partial charge in [-0.15, -0.1) is 0 Å². The molecule has 0 saturated heterocycles. The van der Waals surface area contributed by atoms with Crippen LogP contribution in [-0.4, -0.2) is 19.9 Å². The van der Waals surface area contributed by atoms with Crippen molar-refractivity contribution in [3.8, 4) is 11.4 Å². The van der Waals surface area contributed by atoms with Gasteiger partial charge in [-0.3, -0.25) is 9.52 Å².